The first-order valence-electron chi connectivity index (χ1n) is 31.8. The monoisotopic (exact) mass is 1190 g/mol. The molecule has 3 heterocycles. The maximum Gasteiger partial charge on any atom is 0.189 e. The van der Waals surface area contributed by atoms with Crippen LogP contribution in [0.1, 0.15) is 0 Å². The molecule has 21 rings (SSSR count). The third-order valence-electron chi connectivity index (χ3n) is 20.0. The van der Waals surface area contributed by atoms with Crippen LogP contribution in [0.3, 0.4) is 0 Å². The molecule has 0 aliphatic rings. The molecule has 0 bridgehead atoms. The SMILES string of the molecule is [C-]#[N+]c1cc2ccc3cc(-c4cc5ccc6cc(-c7cccc8ccccc78)cc7ccc(c4)c5c67)cc4c3c2c(c1)n4-c1ccccc1.[C-]#[N+]c1cc2ccc3cc(-c4cc5ccc6cc(-c7cccnc7)cc7ccc(c4)c5c67)cc4c3c2c(c1)n4-c1ccccc1. The normalized spacial score (nSPS) is 12.0. The second-order valence-corrected chi connectivity index (χ2v) is 25.2. The summed E-state index contributed by atoms with van der Waals surface area (Å²) in [4.78, 5) is 12.0. The lowest BCUT2D eigenvalue weighted by Gasteiger charge is -2.16. The van der Waals surface area contributed by atoms with Crippen LogP contribution >= 0.6 is 0 Å². The van der Waals surface area contributed by atoms with Gasteiger partial charge in [0, 0.05) is 61.9 Å². The van der Waals surface area contributed by atoms with Gasteiger partial charge in [-0.3, -0.25) is 4.98 Å². The number of rotatable bonds is 6. The summed E-state index contributed by atoms with van der Waals surface area (Å²) >= 11 is 0. The van der Waals surface area contributed by atoms with E-state index in [4.69, 9.17) is 13.1 Å². The first-order chi connectivity index (χ1) is 46.4. The molecule has 0 radical (unpaired) electrons. The predicted molar refractivity (Wildman–Crippen MR) is 396 cm³/mol. The van der Waals surface area contributed by atoms with Crippen LogP contribution in [0.15, 0.2) is 298 Å². The molecule has 0 unspecified atom stereocenters. The minimum Gasteiger partial charge on any atom is -0.310 e. The molecule has 0 amide bonds. The molecular weight excluding hydrogens is 1140 g/mol. The van der Waals surface area contributed by atoms with Crippen molar-refractivity contribution in [3.05, 3.63) is 320 Å². The van der Waals surface area contributed by atoms with Crippen LogP contribution in [-0.2, 0) is 0 Å². The van der Waals surface area contributed by atoms with Gasteiger partial charge in [0.05, 0.1) is 24.2 Å². The molecule has 0 saturated heterocycles. The lowest BCUT2D eigenvalue weighted by molar-refractivity contribution is 1.18. The zero-order chi connectivity index (χ0) is 61.9. The Bertz CT molecular complexity index is 6640. The predicted octanol–water partition coefficient (Wildman–Crippen LogP) is 24.9. The zero-order valence-electron chi connectivity index (χ0n) is 50.5. The molecule has 0 aliphatic carbocycles. The van der Waals surface area contributed by atoms with Crippen molar-refractivity contribution in [2.75, 3.05) is 0 Å². The molecule has 94 heavy (non-hydrogen) atoms. The summed E-state index contributed by atoms with van der Waals surface area (Å²) in [5, 5.41) is 27.4. The molecule has 0 atom stereocenters. The molecule has 3 aromatic heterocycles. The van der Waals surface area contributed by atoms with Crippen molar-refractivity contribution in [2.24, 2.45) is 0 Å². The van der Waals surface area contributed by atoms with E-state index in [9.17, 15) is 0 Å². The Morgan fingerprint density at radius 2 is 0.574 bits per heavy atom. The van der Waals surface area contributed by atoms with Crippen molar-refractivity contribution < 1.29 is 0 Å². The number of pyridine rings is 1. The standard InChI is InChI=1S/C47H26N2.C42H23N3/c1-48-38-25-34-19-18-33-22-36(26-42-46(33)47(34)43(27-38)49(42)39-10-3-2-4-11-39)35-20-29-14-16-31-23-37(24-32-17-15-30(21-35)44(29)45(31)32)41-13-7-9-28-8-5-6-12-40(28)41;1-43-35-21-30-14-13-29-20-34(22-37-41(29)42(30)38(23-35)45(37)36-7-3-2-4-8-36)33-18-27-11-9-25-16-32(31-6-5-15-44-24-31)17-26-10-12-28(19-33)40(27)39(25)26/h2-27H;2-24H. The summed E-state index contributed by atoms with van der Waals surface area (Å²) in [6, 6.07) is 103. The number of hydrogen-bond donors (Lipinski definition) is 0. The van der Waals surface area contributed by atoms with Gasteiger partial charge in [-0.15, -0.1) is 0 Å². The zero-order valence-corrected chi connectivity index (χ0v) is 50.5. The van der Waals surface area contributed by atoms with Gasteiger partial charge in [-0.05, 0) is 263 Å². The molecule has 0 spiro atoms. The molecule has 0 fully saturated rings. The first kappa shape index (κ1) is 51.9. The highest BCUT2D eigenvalue weighted by Gasteiger charge is 2.23. The van der Waals surface area contributed by atoms with Gasteiger partial charge < -0.3 is 9.13 Å². The third kappa shape index (κ3) is 7.71. The lowest BCUT2D eigenvalue weighted by Crippen LogP contribution is -1.93. The summed E-state index contributed by atoms with van der Waals surface area (Å²) < 4.78 is 4.66. The fourth-order valence-corrected chi connectivity index (χ4v) is 16.0. The molecule has 0 saturated carbocycles. The van der Waals surface area contributed by atoms with Gasteiger partial charge in [-0.1, -0.05) is 158 Å². The number of hydrogen-bond acceptors (Lipinski definition) is 1. The van der Waals surface area contributed by atoms with E-state index in [1.165, 1.54) is 147 Å². The van der Waals surface area contributed by atoms with E-state index in [1.807, 2.05) is 48.8 Å². The van der Waals surface area contributed by atoms with Gasteiger partial charge in [0.2, 0.25) is 0 Å². The average molecular weight is 1190 g/mol. The second-order valence-electron chi connectivity index (χ2n) is 25.2. The minimum atomic E-state index is 0.658. The Labute approximate surface area is 539 Å². The van der Waals surface area contributed by atoms with Crippen LogP contribution in [-0.4, -0.2) is 14.1 Å². The number of aromatic nitrogens is 3. The highest BCUT2D eigenvalue weighted by atomic mass is 15.0. The maximum absolute atomic E-state index is 7.79. The molecule has 0 N–H and O–H groups in total. The molecular formula is C89H49N5. The van der Waals surface area contributed by atoms with Crippen molar-refractivity contribution in [1.82, 2.24) is 14.1 Å². The second kappa shape index (κ2) is 19.8. The molecule has 21 aromatic rings. The summed E-state index contributed by atoms with van der Waals surface area (Å²) in [6.45, 7) is 15.5. The lowest BCUT2D eigenvalue weighted by atomic mass is 9.88. The van der Waals surface area contributed by atoms with Gasteiger partial charge in [-0.25, -0.2) is 9.69 Å². The van der Waals surface area contributed by atoms with Crippen LogP contribution in [0.4, 0.5) is 11.4 Å². The number of para-hydroxylation sites is 2. The van der Waals surface area contributed by atoms with Crippen LogP contribution in [0.2, 0.25) is 0 Å². The Balaban J connectivity index is 0.000000130. The van der Waals surface area contributed by atoms with Crippen LogP contribution in [0.25, 0.3) is 206 Å². The first-order valence-corrected chi connectivity index (χ1v) is 31.8. The van der Waals surface area contributed by atoms with Crippen molar-refractivity contribution >= 4 is 152 Å². The topological polar surface area (TPSA) is 31.5 Å². The highest BCUT2D eigenvalue weighted by Crippen LogP contribution is 2.48. The molecule has 5 nitrogen and oxygen atoms in total. The highest BCUT2D eigenvalue weighted by molar-refractivity contribution is 6.30. The Morgan fingerprint density at radius 1 is 0.245 bits per heavy atom. The fourth-order valence-electron chi connectivity index (χ4n) is 16.0. The molecule has 430 valence electrons. The average Bonchev–Trinajstić information content (AvgIpc) is 1.49. The Kier molecular flexibility index (Phi) is 10.9. The largest absolute Gasteiger partial charge is 0.310 e. The van der Waals surface area contributed by atoms with E-state index >= 15 is 0 Å². The van der Waals surface area contributed by atoms with E-state index in [0.717, 1.165) is 49.8 Å². The van der Waals surface area contributed by atoms with Gasteiger partial charge in [0.25, 0.3) is 0 Å². The Morgan fingerprint density at radius 3 is 0.968 bits per heavy atom. The van der Waals surface area contributed by atoms with Crippen LogP contribution in [0.5, 0.6) is 0 Å². The van der Waals surface area contributed by atoms with Crippen molar-refractivity contribution in [3.63, 3.8) is 0 Å². The van der Waals surface area contributed by atoms with E-state index in [0.29, 0.717) is 11.4 Å². The maximum atomic E-state index is 7.79. The van der Waals surface area contributed by atoms with Crippen LogP contribution < -0.4 is 0 Å². The summed E-state index contributed by atoms with van der Waals surface area (Å²) in [5.41, 5.74) is 17.6. The third-order valence-corrected chi connectivity index (χ3v) is 20.0. The number of nitrogens with zero attached hydrogens (tertiary/aromatic N) is 5. The summed E-state index contributed by atoms with van der Waals surface area (Å²) in [5.74, 6) is 0. The van der Waals surface area contributed by atoms with Crippen molar-refractivity contribution in [2.45, 2.75) is 0 Å². The summed E-state index contributed by atoms with van der Waals surface area (Å²) in [6.07, 6.45) is 3.75. The number of benzene rings is 18. The van der Waals surface area contributed by atoms with Crippen molar-refractivity contribution in [3.8, 4) is 55.9 Å². The van der Waals surface area contributed by atoms with E-state index in [2.05, 4.69) is 273 Å². The van der Waals surface area contributed by atoms with E-state index < -0.39 is 0 Å². The fraction of sp³-hybridized carbons (Fsp3) is 0. The number of fused-ring (bicyclic) bond motifs is 1. The smallest absolute Gasteiger partial charge is 0.189 e. The van der Waals surface area contributed by atoms with Gasteiger partial charge in [0.15, 0.2) is 11.4 Å². The molecule has 18 aromatic carbocycles. The molecule has 5 heteroatoms. The Hall–Kier alpha value is -12.9. The van der Waals surface area contributed by atoms with Gasteiger partial charge in [-0.2, -0.15) is 0 Å². The van der Waals surface area contributed by atoms with E-state index in [-0.39, 0.29) is 0 Å². The van der Waals surface area contributed by atoms with Crippen molar-refractivity contribution in [1.29, 1.82) is 0 Å². The van der Waals surface area contributed by atoms with E-state index in [1.54, 1.807) is 0 Å². The van der Waals surface area contributed by atoms with Gasteiger partial charge in [0.1, 0.15) is 0 Å². The minimum absolute atomic E-state index is 0.658. The molecule has 0 aliphatic heterocycles. The quantitative estimate of drug-likeness (QED) is 0.121. The van der Waals surface area contributed by atoms with Crippen LogP contribution in [0, 0.1) is 13.1 Å². The summed E-state index contributed by atoms with van der Waals surface area (Å²) in [7, 11) is 0. The van der Waals surface area contributed by atoms with Gasteiger partial charge >= 0.3 is 0 Å².